The number of methoxy groups -OCH3 is 1. The molecule has 7 nitrogen and oxygen atoms in total. The smallest absolute Gasteiger partial charge is 0.272 e. The van der Waals surface area contributed by atoms with Crippen molar-refractivity contribution in [1.29, 1.82) is 0 Å². The van der Waals surface area contributed by atoms with Gasteiger partial charge >= 0.3 is 0 Å². The Morgan fingerprint density at radius 1 is 1.00 bits per heavy atom. The van der Waals surface area contributed by atoms with Crippen molar-refractivity contribution in [2.75, 3.05) is 12.4 Å². The minimum Gasteiger partial charge on any atom is -0.497 e. The van der Waals surface area contributed by atoms with E-state index >= 15 is 0 Å². The lowest BCUT2D eigenvalue weighted by Crippen LogP contribution is -2.30. The molecule has 0 atom stereocenters. The number of hydrogen-bond donors (Lipinski definition) is 2. The lowest BCUT2D eigenvalue weighted by molar-refractivity contribution is -0.113. The first kappa shape index (κ1) is 21.7. The van der Waals surface area contributed by atoms with Crippen LogP contribution in [-0.4, -0.2) is 25.0 Å². The molecular weight excluding hydrogens is 396 g/mol. The maximum Gasteiger partial charge on any atom is 0.272 e. The van der Waals surface area contributed by atoms with Crippen molar-refractivity contribution in [2.45, 2.75) is 20.0 Å². The summed E-state index contributed by atoms with van der Waals surface area (Å²) in [6.45, 7) is 3.80. The maximum atomic E-state index is 13.0. The van der Waals surface area contributed by atoms with E-state index in [9.17, 15) is 9.59 Å². The third-order valence-electron chi connectivity index (χ3n) is 4.17. The SMILES string of the molecule is COc1ccc(C(=O)N/C(=C\c2ccco2)C(=O)Nc2ccccc2OC(C)C)cc1. The lowest BCUT2D eigenvalue weighted by atomic mass is 10.2. The molecule has 2 N–H and O–H groups in total. The third-order valence-corrected chi connectivity index (χ3v) is 4.17. The number of anilines is 1. The quantitative estimate of drug-likeness (QED) is 0.524. The first-order valence-electron chi connectivity index (χ1n) is 9.74. The summed E-state index contributed by atoms with van der Waals surface area (Å²) >= 11 is 0. The van der Waals surface area contributed by atoms with Gasteiger partial charge in [-0.15, -0.1) is 0 Å². The van der Waals surface area contributed by atoms with Crippen LogP contribution < -0.4 is 20.1 Å². The molecule has 3 aromatic rings. The summed E-state index contributed by atoms with van der Waals surface area (Å²) in [5, 5.41) is 5.45. The molecule has 0 spiro atoms. The number of ether oxygens (including phenoxy) is 2. The van der Waals surface area contributed by atoms with Crippen LogP contribution in [0.25, 0.3) is 6.08 Å². The summed E-state index contributed by atoms with van der Waals surface area (Å²) in [6, 6.07) is 17.0. The summed E-state index contributed by atoms with van der Waals surface area (Å²) < 4.78 is 16.2. The Labute approximate surface area is 180 Å². The summed E-state index contributed by atoms with van der Waals surface area (Å²) in [6.07, 6.45) is 2.88. The second-order valence-electron chi connectivity index (χ2n) is 6.87. The number of amides is 2. The third kappa shape index (κ3) is 5.99. The Kier molecular flexibility index (Phi) is 7.11. The van der Waals surface area contributed by atoms with E-state index in [4.69, 9.17) is 13.9 Å². The largest absolute Gasteiger partial charge is 0.497 e. The molecule has 0 radical (unpaired) electrons. The Morgan fingerprint density at radius 2 is 1.74 bits per heavy atom. The average molecular weight is 420 g/mol. The van der Waals surface area contributed by atoms with Crippen LogP contribution in [0.3, 0.4) is 0 Å². The van der Waals surface area contributed by atoms with Crippen LogP contribution in [0.1, 0.15) is 30.0 Å². The number of benzene rings is 2. The summed E-state index contributed by atoms with van der Waals surface area (Å²) in [5.74, 6) is 0.624. The number of carbonyl (C=O) groups is 2. The van der Waals surface area contributed by atoms with Crippen LogP contribution in [0.15, 0.2) is 77.0 Å². The second kappa shape index (κ2) is 10.2. The first-order valence-corrected chi connectivity index (χ1v) is 9.74. The van der Waals surface area contributed by atoms with Crippen molar-refractivity contribution in [3.63, 3.8) is 0 Å². The average Bonchev–Trinajstić information content (AvgIpc) is 3.27. The monoisotopic (exact) mass is 420 g/mol. The molecule has 0 saturated carbocycles. The van der Waals surface area contributed by atoms with Gasteiger partial charge in [0, 0.05) is 11.6 Å². The van der Waals surface area contributed by atoms with Gasteiger partial charge in [-0.1, -0.05) is 12.1 Å². The van der Waals surface area contributed by atoms with Gasteiger partial charge in [0.25, 0.3) is 11.8 Å². The predicted octanol–water partition coefficient (Wildman–Crippen LogP) is 4.49. The highest BCUT2D eigenvalue weighted by Crippen LogP contribution is 2.25. The lowest BCUT2D eigenvalue weighted by Gasteiger charge is -2.16. The number of rotatable bonds is 8. The van der Waals surface area contributed by atoms with E-state index in [0.29, 0.717) is 28.5 Å². The molecule has 0 aliphatic carbocycles. The van der Waals surface area contributed by atoms with Crippen molar-refractivity contribution in [1.82, 2.24) is 5.32 Å². The van der Waals surface area contributed by atoms with Crippen LogP contribution in [0.4, 0.5) is 5.69 Å². The maximum absolute atomic E-state index is 13.0. The molecule has 2 amide bonds. The fraction of sp³-hybridized carbons (Fsp3) is 0.167. The summed E-state index contributed by atoms with van der Waals surface area (Å²) in [4.78, 5) is 25.8. The number of hydrogen-bond acceptors (Lipinski definition) is 5. The van der Waals surface area contributed by atoms with Crippen molar-refractivity contribution in [3.8, 4) is 11.5 Å². The molecule has 160 valence electrons. The van der Waals surface area contributed by atoms with Gasteiger partial charge in [0.2, 0.25) is 0 Å². The van der Waals surface area contributed by atoms with Crippen LogP contribution in [0.5, 0.6) is 11.5 Å². The van der Waals surface area contributed by atoms with Gasteiger partial charge in [-0.05, 0) is 62.4 Å². The predicted molar refractivity (Wildman–Crippen MR) is 118 cm³/mol. The highest BCUT2D eigenvalue weighted by Gasteiger charge is 2.17. The first-order chi connectivity index (χ1) is 15.0. The fourth-order valence-electron chi connectivity index (χ4n) is 2.73. The zero-order chi connectivity index (χ0) is 22.2. The summed E-state index contributed by atoms with van der Waals surface area (Å²) in [7, 11) is 1.55. The van der Waals surface area contributed by atoms with Crippen LogP contribution in [-0.2, 0) is 4.79 Å². The Hall–Kier alpha value is -4.00. The van der Waals surface area contributed by atoms with Gasteiger partial charge in [-0.2, -0.15) is 0 Å². The van der Waals surface area contributed by atoms with Crippen LogP contribution in [0.2, 0.25) is 0 Å². The number of carbonyl (C=O) groups excluding carboxylic acids is 2. The molecule has 0 aliphatic rings. The highest BCUT2D eigenvalue weighted by atomic mass is 16.5. The Bertz CT molecular complexity index is 1050. The van der Waals surface area contributed by atoms with Gasteiger partial charge in [0.1, 0.15) is 23.0 Å². The molecular formula is C24H24N2O5. The van der Waals surface area contributed by atoms with Gasteiger partial charge < -0.3 is 24.5 Å². The van der Waals surface area contributed by atoms with Gasteiger partial charge in [-0.3, -0.25) is 9.59 Å². The molecule has 7 heteroatoms. The molecule has 0 unspecified atom stereocenters. The number of nitrogens with one attached hydrogen (secondary N) is 2. The van der Waals surface area contributed by atoms with Crippen molar-refractivity contribution >= 4 is 23.6 Å². The Balaban J connectivity index is 1.84. The molecule has 1 aromatic heterocycles. The van der Waals surface area contributed by atoms with Gasteiger partial charge in [-0.25, -0.2) is 0 Å². The van der Waals surface area contributed by atoms with E-state index in [1.165, 1.54) is 12.3 Å². The molecule has 31 heavy (non-hydrogen) atoms. The molecule has 1 heterocycles. The van der Waals surface area contributed by atoms with E-state index in [1.807, 2.05) is 19.9 Å². The second-order valence-corrected chi connectivity index (χ2v) is 6.87. The Morgan fingerprint density at radius 3 is 2.39 bits per heavy atom. The molecule has 0 bridgehead atoms. The molecule has 3 rings (SSSR count). The van der Waals surface area contributed by atoms with Gasteiger partial charge in [0.15, 0.2) is 0 Å². The molecule has 2 aromatic carbocycles. The minimum absolute atomic E-state index is 0.0233. The van der Waals surface area contributed by atoms with E-state index in [1.54, 1.807) is 61.7 Å². The van der Waals surface area contributed by atoms with E-state index in [0.717, 1.165) is 0 Å². The van der Waals surface area contributed by atoms with E-state index < -0.39 is 11.8 Å². The standard InChI is InChI=1S/C24H24N2O5/c1-16(2)31-22-9-5-4-8-20(22)25-24(28)21(15-19-7-6-14-30-19)26-23(27)17-10-12-18(29-3)13-11-17/h4-16H,1-3H3,(H,25,28)(H,26,27)/b21-15-. The van der Waals surface area contributed by atoms with Crippen LogP contribution in [0, 0.1) is 0 Å². The number of furan rings is 1. The normalized spacial score (nSPS) is 11.2. The molecule has 0 saturated heterocycles. The van der Waals surface area contributed by atoms with Crippen molar-refractivity contribution in [3.05, 3.63) is 83.9 Å². The van der Waals surface area contributed by atoms with Crippen LogP contribution >= 0.6 is 0 Å². The van der Waals surface area contributed by atoms with Crippen molar-refractivity contribution in [2.24, 2.45) is 0 Å². The number of para-hydroxylation sites is 2. The summed E-state index contributed by atoms with van der Waals surface area (Å²) in [5.41, 5.74) is 0.892. The van der Waals surface area contributed by atoms with Crippen molar-refractivity contribution < 1.29 is 23.5 Å². The zero-order valence-electron chi connectivity index (χ0n) is 17.5. The molecule has 0 aliphatic heterocycles. The highest BCUT2D eigenvalue weighted by molar-refractivity contribution is 6.11. The van der Waals surface area contributed by atoms with E-state index in [2.05, 4.69) is 10.6 Å². The fourth-order valence-corrected chi connectivity index (χ4v) is 2.73. The van der Waals surface area contributed by atoms with E-state index in [-0.39, 0.29) is 11.8 Å². The molecule has 0 fully saturated rings. The zero-order valence-corrected chi connectivity index (χ0v) is 17.5. The topological polar surface area (TPSA) is 89.8 Å². The minimum atomic E-state index is -0.516. The van der Waals surface area contributed by atoms with Gasteiger partial charge in [0.05, 0.1) is 25.2 Å².